The first-order valence-corrected chi connectivity index (χ1v) is 40.9. The van der Waals surface area contributed by atoms with Gasteiger partial charge in [0.2, 0.25) is 0 Å². The van der Waals surface area contributed by atoms with Crippen molar-refractivity contribution in [1.29, 1.82) is 0 Å². The maximum absolute atomic E-state index is 8.78. The maximum Gasteiger partial charge on any atom is 0.586 e. The van der Waals surface area contributed by atoms with E-state index in [4.69, 9.17) is 51.5 Å². The lowest BCUT2D eigenvalue weighted by molar-refractivity contribution is -0.001000. The van der Waals surface area contributed by atoms with Crippen molar-refractivity contribution in [1.82, 2.24) is 17.4 Å². The van der Waals surface area contributed by atoms with Gasteiger partial charge < -0.3 is 24.8 Å². The number of nitrogens with zero attached hydrogens (tertiary/aromatic N) is 8. The van der Waals surface area contributed by atoms with Crippen LogP contribution in [0.4, 0.5) is 0 Å². The fourth-order valence-electron chi connectivity index (χ4n) is 16.3. The van der Waals surface area contributed by atoms with Gasteiger partial charge in [0.1, 0.15) is 0 Å². The molecule has 1 unspecified atom stereocenters. The van der Waals surface area contributed by atoms with Gasteiger partial charge >= 0.3 is 14.3 Å². The second-order valence-electron chi connectivity index (χ2n) is 27.1. The molecule has 21 rings (SSSR count). The highest BCUT2D eigenvalue weighted by atomic mass is 35.9. The van der Waals surface area contributed by atoms with Crippen molar-refractivity contribution in [3.8, 4) is 11.5 Å². The Balaban J connectivity index is 0.00000410. The molecule has 1 atom stereocenters. The number of para-hydroxylation sites is 1. The van der Waals surface area contributed by atoms with E-state index >= 15 is 0 Å². The van der Waals surface area contributed by atoms with E-state index in [9.17, 15) is 0 Å². The van der Waals surface area contributed by atoms with Crippen molar-refractivity contribution in [2.24, 2.45) is 20.0 Å². The zero-order valence-corrected chi connectivity index (χ0v) is 63.3. The molecule has 8 aliphatic rings. The van der Waals surface area contributed by atoms with Crippen LogP contribution in [-0.4, -0.2) is 40.2 Å². The minimum Gasteiger partial charge on any atom is -1.00 e. The van der Waals surface area contributed by atoms with Crippen LogP contribution in [0.15, 0.2) is 407 Å². The van der Waals surface area contributed by atoms with Crippen LogP contribution in [0.5, 0.6) is 11.5 Å². The molecule has 10 nitrogen and oxygen atoms in total. The molecular formula is C94H60Cl4N8O2P2. The van der Waals surface area contributed by atoms with Crippen LogP contribution >= 0.6 is 36.8 Å². The summed E-state index contributed by atoms with van der Waals surface area (Å²) in [6, 6.07) is 110. The Hall–Kier alpha value is -12.2. The molecule has 16 heteroatoms. The van der Waals surface area contributed by atoms with Crippen molar-refractivity contribution < 1.29 is 33.9 Å². The SMILES string of the molecule is Cl[P+]1(Cl)n2c3ccc2C(c2ccc(O[P+]4(Oc5ccccc5)n5c6ccc5C(c5ccccc5)=C5C=CC(=N5)C(c5ccccc5)=c5ccc(n54)=C(c4ccccc4)C4=NC(=C6c5ccccc5)C=C4)cc2)=C2C=CC(=N2)C(c2ccccc2)=c2ccc(n21)=C(c1ccccc1)C1=NC(=C3c2ccccc2)C=C1.[Cl-].[Cl-]. The second-order valence-corrected chi connectivity index (χ2v) is 34.3. The number of hydrogen-bond donors (Lipinski definition) is 0. The van der Waals surface area contributed by atoms with Gasteiger partial charge in [0, 0.05) is 44.6 Å². The predicted octanol–water partition coefficient (Wildman–Crippen LogP) is 13.6. The summed E-state index contributed by atoms with van der Waals surface area (Å²) < 4.78 is 26.1. The molecule has 0 saturated carbocycles. The van der Waals surface area contributed by atoms with Gasteiger partial charge in [-0.2, -0.15) is 8.68 Å². The van der Waals surface area contributed by atoms with E-state index in [2.05, 4.69) is 333 Å². The van der Waals surface area contributed by atoms with Crippen LogP contribution in [0, 0.1) is 0 Å². The molecule has 0 radical (unpaired) electrons. The first-order valence-electron chi connectivity index (χ1n) is 35.9. The summed E-state index contributed by atoms with van der Waals surface area (Å²) in [5, 5.41) is 3.26. The first-order chi connectivity index (χ1) is 53.3. The highest BCUT2D eigenvalue weighted by Gasteiger charge is 2.58. The Labute approximate surface area is 657 Å². The molecule has 4 aromatic heterocycles. The Morgan fingerprint density at radius 1 is 0.218 bits per heavy atom. The van der Waals surface area contributed by atoms with E-state index < -0.39 is 14.3 Å². The molecule has 0 fully saturated rings. The molecule has 526 valence electrons. The number of hydrogen-bond acceptors (Lipinski definition) is 6. The highest BCUT2D eigenvalue weighted by molar-refractivity contribution is 8.15. The summed E-state index contributed by atoms with van der Waals surface area (Å²) in [5.74, 6) is 1.11. The summed E-state index contributed by atoms with van der Waals surface area (Å²) in [4.78, 5) is 22.9. The minimum atomic E-state index is -4.25. The van der Waals surface area contributed by atoms with Crippen LogP contribution in [-0.2, 0) is 0 Å². The number of benzene rings is 9. The normalized spacial score (nSPS) is 17.2. The van der Waals surface area contributed by atoms with E-state index in [1.54, 1.807) is 0 Å². The van der Waals surface area contributed by atoms with Crippen LogP contribution < -0.4 is 55.3 Å². The average Bonchev–Trinajstić information content (AvgIpc) is 1.51. The third kappa shape index (κ3) is 11.0. The summed E-state index contributed by atoms with van der Waals surface area (Å²) >= 11 is 17.6. The van der Waals surface area contributed by atoms with Crippen molar-refractivity contribution in [3.63, 3.8) is 0 Å². The number of aromatic nitrogens is 4. The van der Waals surface area contributed by atoms with Gasteiger partial charge in [0.05, 0.1) is 89.8 Å². The monoisotopic (exact) mass is 1530 g/mol. The predicted molar refractivity (Wildman–Crippen MR) is 443 cm³/mol. The molecule has 9 aromatic carbocycles. The molecule has 0 spiro atoms. The van der Waals surface area contributed by atoms with Gasteiger partial charge in [-0.1, -0.05) is 243 Å². The molecule has 0 aliphatic carbocycles. The first kappa shape index (κ1) is 68.3. The third-order valence-electron chi connectivity index (χ3n) is 20.8. The van der Waals surface area contributed by atoms with E-state index in [-0.39, 0.29) is 24.8 Å². The van der Waals surface area contributed by atoms with Crippen LogP contribution in [0.25, 0.3) is 44.6 Å². The van der Waals surface area contributed by atoms with E-state index in [1.165, 1.54) is 0 Å². The summed E-state index contributed by atoms with van der Waals surface area (Å²) in [5.41, 5.74) is 23.9. The van der Waals surface area contributed by atoms with Crippen LogP contribution in [0.3, 0.4) is 0 Å². The number of rotatable bonds is 12. The molecule has 110 heavy (non-hydrogen) atoms. The molecular weight excluding hydrogens is 1480 g/mol. The Morgan fingerprint density at radius 3 is 0.745 bits per heavy atom. The Morgan fingerprint density at radius 2 is 0.455 bits per heavy atom. The van der Waals surface area contributed by atoms with Gasteiger partial charge in [0.25, 0.3) is 0 Å². The lowest BCUT2D eigenvalue weighted by Crippen LogP contribution is -3.00. The molecule has 0 N–H and O–H groups in total. The lowest BCUT2D eigenvalue weighted by atomic mass is 10.0. The van der Waals surface area contributed by atoms with Gasteiger partial charge in [0.15, 0.2) is 34.0 Å². The van der Waals surface area contributed by atoms with Crippen LogP contribution in [0.1, 0.15) is 67.3 Å². The van der Waals surface area contributed by atoms with E-state index in [0.29, 0.717) is 11.5 Å². The molecule has 12 heterocycles. The third-order valence-corrected chi connectivity index (χ3v) is 27.2. The fourth-order valence-corrected chi connectivity index (χ4v) is 23.2. The van der Waals surface area contributed by atoms with Gasteiger partial charge in [-0.05, 0) is 166 Å². The van der Waals surface area contributed by atoms with Gasteiger partial charge in [-0.15, -0.1) is 8.68 Å². The zero-order valence-electron chi connectivity index (χ0n) is 58.4. The Bertz CT molecular complexity index is 6510. The molecule has 0 amide bonds. The number of halogens is 4. The summed E-state index contributed by atoms with van der Waals surface area (Å²) in [6.07, 6.45) is 13.4. The number of allylic oxidation sites excluding steroid dienone is 8. The molecule has 13 aromatic rings. The molecule has 12 bridgehead atoms. The highest BCUT2D eigenvalue weighted by Crippen LogP contribution is 2.72. The van der Waals surface area contributed by atoms with Crippen molar-refractivity contribution in [3.05, 3.63) is 476 Å². The maximum atomic E-state index is 8.78. The average molecular weight is 1540 g/mol. The number of fused-ring (bicyclic) bond motifs is 4. The van der Waals surface area contributed by atoms with E-state index in [0.717, 1.165) is 179 Å². The van der Waals surface area contributed by atoms with E-state index in [1.807, 2.05) is 48.5 Å². The summed E-state index contributed by atoms with van der Waals surface area (Å²) in [7, 11) is -4.25. The molecule has 0 saturated heterocycles. The smallest absolute Gasteiger partial charge is 0.586 e. The van der Waals surface area contributed by atoms with Crippen molar-refractivity contribution >= 4 is 104 Å². The van der Waals surface area contributed by atoms with Crippen molar-refractivity contribution in [2.45, 2.75) is 0 Å². The topological polar surface area (TPSA) is 87.6 Å². The van der Waals surface area contributed by atoms with Gasteiger partial charge in [-0.25, -0.2) is 20.0 Å². The standard InChI is InChI=1S/C94H60Cl2N8O2P2.2ClH/c95-107(96)101-79-53-54-80(101)89(63-29-13-3-14-30-63)73-47-52-78(98-73)94(82-56-55-81(102(82)107)88(62-27-11-2-12-28-62)72-46-45-71(97-72)87(79)61-25-9-1-10-26-61)68-41-43-70(44-42-68)106-108(105-69-39-23-8-24-40-69)103-83-57-58-84(103)92(66-35-19-6-20-36-66)76-50-51-77(100-76)93(67-37-21-7-22-38-67)86-60-59-85(104(86)108)91(65-33-17-5-18-34-65)75-49-48-74(99-75)90(83)64-31-15-4-16-32-64;;/h1-60H;2*1H/q+2;;/p-2. The minimum absolute atomic E-state index is 0. The fraction of sp³-hybridized carbons (Fsp3) is 0. The number of aliphatic imine (C=N–C) groups is 4. The second kappa shape index (κ2) is 27.5. The van der Waals surface area contributed by atoms with Crippen LogP contribution in [0.2, 0.25) is 0 Å². The Kier molecular flexibility index (Phi) is 17.1. The zero-order chi connectivity index (χ0) is 71.6. The van der Waals surface area contributed by atoms with Crippen molar-refractivity contribution in [2.75, 3.05) is 0 Å². The summed E-state index contributed by atoms with van der Waals surface area (Å²) in [6.45, 7) is 0. The molecule has 8 aliphatic heterocycles. The quantitative estimate of drug-likeness (QED) is 0.114. The van der Waals surface area contributed by atoms with Gasteiger partial charge in [-0.3, -0.25) is 9.05 Å². The lowest BCUT2D eigenvalue weighted by Gasteiger charge is -2.30. The largest absolute Gasteiger partial charge is 1.00 e.